The molecule has 1 aliphatic heterocycles. The molecule has 1 amide bonds. The van der Waals surface area contributed by atoms with Crippen LogP contribution >= 0.6 is 0 Å². The lowest BCUT2D eigenvalue weighted by Gasteiger charge is -2.35. The van der Waals surface area contributed by atoms with E-state index < -0.39 is 0 Å². The van der Waals surface area contributed by atoms with Crippen LogP contribution in [0.4, 0.5) is 10.5 Å². The molecule has 2 aromatic carbocycles. The van der Waals surface area contributed by atoms with Crippen LogP contribution in [-0.4, -0.2) is 49.7 Å². The maximum Gasteiger partial charge on any atom is 0.410 e. The smallest absolute Gasteiger partial charge is 0.410 e. The highest BCUT2D eigenvalue weighted by atomic mass is 16.6. The molecule has 0 bridgehead atoms. The number of nitrogens with zero attached hydrogens (tertiary/aromatic N) is 2. The highest BCUT2D eigenvalue weighted by Gasteiger charge is 2.22. The Morgan fingerprint density at radius 1 is 0.889 bits per heavy atom. The van der Waals surface area contributed by atoms with E-state index in [-0.39, 0.29) is 18.7 Å². The first-order valence-corrected chi connectivity index (χ1v) is 9.15. The van der Waals surface area contributed by atoms with Crippen molar-refractivity contribution in [2.75, 3.05) is 37.7 Å². The number of hydrogen-bond acceptors (Lipinski definition) is 5. The van der Waals surface area contributed by atoms with E-state index in [0.717, 1.165) is 24.3 Å². The Hall–Kier alpha value is -3.02. The van der Waals surface area contributed by atoms with Gasteiger partial charge in [-0.2, -0.15) is 0 Å². The lowest BCUT2D eigenvalue weighted by atomic mass is 10.2. The van der Waals surface area contributed by atoms with Crippen molar-refractivity contribution in [2.45, 2.75) is 13.5 Å². The highest BCUT2D eigenvalue weighted by Crippen LogP contribution is 2.18. The quantitative estimate of drug-likeness (QED) is 0.758. The van der Waals surface area contributed by atoms with E-state index in [4.69, 9.17) is 9.47 Å². The van der Waals surface area contributed by atoms with Gasteiger partial charge in [-0.15, -0.1) is 0 Å². The maximum absolute atomic E-state index is 12.2. The molecule has 0 aliphatic carbocycles. The molecule has 142 valence electrons. The van der Waals surface area contributed by atoms with Gasteiger partial charge in [0.05, 0.1) is 12.2 Å². The fourth-order valence-electron chi connectivity index (χ4n) is 2.98. The van der Waals surface area contributed by atoms with Crippen molar-refractivity contribution in [3.05, 3.63) is 65.7 Å². The van der Waals surface area contributed by atoms with Gasteiger partial charge in [-0.25, -0.2) is 9.59 Å². The number of ether oxygens (including phenoxy) is 2. The summed E-state index contributed by atoms with van der Waals surface area (Å²) in [4.78, 5) is 27.9. The molecule has 6 heteroatoms. The summed E-state index contributed by atoms with van der Waals surface area (Å²) in [6.45, 7) is 5.09. The minimum absolute atomic E-state index is 0.281. The van der Waals surface area contributed by atoms with Crippen molar-refractivity contribution in [1.29, 1.82) is 0 Å². The first-order valence-electron chi connectivity index (χ1n) is 9.15. The van der Waals surface area contributed by atoms with Gasteiger partial charge in [0.2, 0.25) is 0 Å². The molecular weight excluding hydrogens is 344 g/mol. The first-order chi connectivity index (χ1) is 13.2. The van der Waals surface area contributed by atoms with Crippen LogP contribution in [0.15, 0.2) is 54.6 Å². The molecule has 3 rings (SSSR count). The van der Waals surface area contributed by atoms with Crippen LogP contribution in [0.2, 0.25) is 0 Å². The fourth-order valence-corrected chi connectivity index (χ4v) is 2.98. The average molecular weight is 368 g/mol. The lowest BCUT2D eigenvalue weighted by molar-refractivity contribution is 0.0526. The van der Waals surface area contributed by atoms with E-state index in [1.165, 1.54) is 0 Å². The van der Waals surface area contributed by atoms with Gasteiger partial charge in [0.25, 0.3) is 0 Å². The number of carbonyl (C=O) groups is 2. The van der Waals surface area contributed by atoms with Gasteiger partial charge in [0.1, 0.15) is 6.61 Å². The molecule has 0 saturated carbocycles. The SMILES string of the molecule is CCOC(=O)c1ccc(N2CCN(C(=O)OCc3ccccc3)CC2)cc1. The van der Waals surface area contributed by atoms with Crippen LogP contribution in [0, 0.1) is 0 Å². The highest BCUT2D eigenvalue weighted by molar-refractivity contribution is 5.89. The van der Waals surface area contributed by atoms with E-state index in [1.54, 1.807) is 24.0 Å². The summed E-state index contributed by atoms with van der Waals surface area (Å²) in [5.41, 5.74) is 2.55. The molecule has 0 unspecified atom stereocenters. The second kappa shape index (κ2) is 9.07. The van der Waals surface area contributed by atoms with Crippen LogP contribution < -0.4 is 4.90 Å². The number of anilines is 1. The zero-order valence-corrected chi connectivity index (χ0v) is 15.5. The Kier molecular flexibility index (Phi) is 6.30. The van der Waals surface area contributed by atoms with E-state index >= 15 is 0 Å². The largest absolute Gasteiger partial charge is 0.462 e. The van der Waals surface area contributed by atoms with Crippen molar-refractivity contribution >= 4 is 17.7 Å². The van der Waals surface area contributed by atoms with E-state index in [9.17, 15) is 9.59 Å². The third-order valence-electron chi connectivity index (χ3n) is 4.49. The fraction of sp³-hybridized carbons (Fsp3) is 0.333. The molecule has 0 atom stereocenters. The Balaban J connectivity index is 1.48. The second-order valence-electron chi connectivity index (χ2n) is 6.28. The van der Waals surface area contributed by atoms with Crippen LogP contribution in [-0.2, 0) is 16.1 Å². The minimum Gasteiger partial charge on any atom is -0.462 e. The van der Waals surface area contributed by atoms with Gasteiger partial charge >= 0.3 is 12.1 Å². The normalized spacial score (nSPS) is 14.0. The van der Waals surface area contributed by atoms with Gasteiger partial charge in [-0.05, 0) is 36.8 Å². The van der Waals surface area contributed by atoms with Crippen molar-refractivity contribution in [2.24, 2.45) is 0 Å². The van der Waals surface area contributed by atoms with Crippen LogP contribution in [0.1, 0.15) is 22.8 Å². The monoisotopic (exact) mass is 368 g/mol. The van der Waals surface area contributed by atoms with Crippen LogP contribution in [0.3, 0.4) is 0 Å². The summed E-state index contributed by atoms with van der Waals surface area (Å²) in [5, 5.41) is 0. The molecule has 0 N–H and O–H groups in total. The van der Waals surface area contributed by atoms with Gasteiger partial charge in [0, 0.05) is 31.9 Å². The third-order valence-corrected chi connectivity index (χ3v) is 4.49. The van der Waals surface area contributed by atoms with Gasteiger partial charge in [0.15, 0.2) is 0 Å². The third kappa shape index (κ3) is 5.00. The molecule has 1 fully saturated rings. The van der Waals surface area contributed by atoms with Gasteiger partial charge in [-0.3, -0.25) is 0 Å². The predicted molar refractivity (Wildman–Crippen MR) is 103 cm³/mol. The summed E-state index contributed by atoms with van der Waals surface area (Å²) in [5.74, 6) is -0.310. The molecule has 27 heavy (non-hydrogen) atoms. The standard InChI is InChI=1S/C21H24N2O4/c1-2-26-20(24)18-8-10-19(11-9-18)22-12-14-23(15-13-22)21(25)27-16-17-6-4-3-5-7-17/h3-11H,2,12-16H2,1H3. The minimum atomic E-state index is -0.310. The Labute approximate surface area is 159 Å². The molecule has 0 aromatic heterocycles. The number of hydrogen-bond donors (Lipinski definition) is 0. The summed E-state index contributed by atoms with van der Waals surface area (Å²) < 4.78 is 10.4. The Bertz CT molecular complexity index is 754. The number of rotatable bonds is 5. The lowest BCUT2D eigenvalue weighted by Crippen LogP contribution is -2.48. The maximum atomic E-state index is 12.2. The molecule has 1 aliphatic rings. The number of piperazine rings is 1. The first kappa shape index (κ1) is 18.8. The van der Waals surface area contributed by atoms with E-state index in [1.807, 2.05) is 42.5 Å². The summed E-state index contributed by atoms with van der Waals surface area (Å²) in [6.07, 6.45) is -0.281. The summed E-state index contributed by atoms with van der Waals surface area (Å²) >= 11 is 0. The summed E-state index contributed by atoms with van der Waals surface area (Å²) in [7, 11) is 0. The van der Waals surface area contributed by atoms with Crippen LogP contribution in [0.5, 0.6) is 0 Å². The van der Waals surface area contributed by atoms with E-state index in [0.29, 0.717) is 25.3 Å². The number of amides is 1. The van der Waals surface area contributed by atoms with Gasteiger partial charge < -0.3 is 19.3 Å². The van der Waals surface area contributed by atoms with Crippen molar-refractivity contribution < 1.29 is 19.1 Å². The van der Waals surface area contributed by atoms with E-state index in [2.05, 4.69) is 4.90 Å². The topological polar surface area (TPSA) is 59.1 Å². The molecule has 1 heterocycles. The molecule has 2 aromatic rings. The predicted octanol–water partition coefficient (Wildman–Crippen LogP) is 3.32. The molecular formula is C21H24N2O4. The van der Waals surface area contributed by atoms with Gasteiger partial charge in [-0.1, -0.05) is 30.3 Å². The Morgan fingerprint density at radius 2 is 1.56 bits per heavy atom. The second-order valence-corrected chi connectivity index (χ2v) is 6.28. The number of benzene rings is 2. The van der Waals surface area contributed by atoms with Crippen molar-refractivity contribution in [3.63, 3.8) is 0 Å². The average Bonchev–Trinajstić information content (AvgIpc) is 2.73. The summed E-state index contributed by atoms with van der Waals surface area (Å²) in [6, 6.07) is 17.0. The Morgan fingerprint density at radius 3 is 2.19 bits per heavy atom. The molecule has 0 radical (unpaired) electrons. The van der Waals surface area contributed by atoms with Crippen molar-refractivity contribution in [1.82, 2.24) is 4.90 Å². The zero-order valence-electron chi connectivity index (χ0n) is 15.5. The molecule has 1 saturated heterocycles. The van der Waals surface area contributed by atoms with Crippen LogP contribution in [0.25, 0.3) is 0 Å². The number of esters is 1. The molecule has 0 spiro atoms. The number of carbonyl (C=O) groups excluding carboxylic acids is 2. The van der Waals surface area contributed by atoms with Crippen molar-refractivity contribution in [3.8, 4) is 0 Å². The molecule has 6 nitrogen and oxygen atoms in total. The zero-order chi connectivity index (χ0) is 19.1.